The van der Waals surface area contributed by atoms with Crippen LogP contribution in [0.15, 0.2) is 36.7 Å². The number of allylic oxidation sites excluding steroid dienone is 1. The van der Waals surface area contributed by atoms with Crippen molar-refractivity contribution < 1.29 is 4.74 Å². The summed E-state index contributed by atoms with van der Waals surface area (Å²) in [5.41, 5.74) is 15.9. The summed E-state index contributed by atoms with van der Waals surface area (Å²) in [5, 5.41) is 11.3. The van der Waals surface area contributed by atoms with Gasteiger partial charge in [0.05, 0.1) is 18.3 Å². The van der Waals surface area contributed by atoms with Crippen LogP contribution in [0, 0.1) is 5.41 Å². The molecule has 1 aromatic heterocycles. The second-order valence-electron chi connectivity index (χ2n) is 7.85. The Morgan fingerprint density at radius 2 is 1.97 bits per heavy atom. The molecule has 1 aromatic carbocycles. The lowest BCUT2D eigenvalue weighted by atomic mass is 10.0. The summed E-state index contributed by atoms with van der Waals surface area (Å²) in [6.07, 6.45) is 7.83. The smallest absolute Gasteiger partial charge is 0.225 e. The Morgan fingerprint density at radius 3 is 2.63 bits per heavy atom. The summed E-state index contributed by atoms with van der Waals surface area (Å²) in [6, 6.07) is 8.15. The van der Waals surface area contributed by atoms with Gasteiger partial charge in [-0.25, -0.2) is 9.97 Å². The second-order valence-corrected chi connectivity index (χ2v) is 7.85. The van der Waals surface area contributed by atoms with Crippen LogP contribution in [0.2, 0.25) is 0 Å². The molecule has 0 spiro atoms. The zero-order valence-corrected chi connectivity index (χ0v) is 17.1. The van der Waals surface area contributed by atoms with Gasteiger partial charge >= 0.3 is 0 Å². The first-order chi connectivity index (χ1) is 14.6. The molecule has 2 aromatic rings. The van der Waals surface area contributed by atoms with E-state index in [1.807, 2.05) is 36.7 Å². The summed E-state index contributed by atoms with van der Waals surface area (Å²) in [4.78, 5) is 11.7. The molecule has 2 saturated heterocycles. The standard InChI is InChI=1S/C22H29N7O/c23-11-16(12-26-19-7-10-30-14-19)20-13-27-22(29-8-5-18(25)6-9-29)28-21(20)15-1-3-17(24)4-2-15/h1-4,11-13,18-19,23,26H,5-10,14,24-25H2/b16-12+,23-11?. The van der Waals surface area contributed by atoms with Gasteiger partial charge in [-0.3, -0.25) is 0 Å². The summed E-state index contributed by atoms with van der Waals surface area (Å²) in [7, 11) is 0. The molecule has 2 aliphatic heterocycles. The lowest BCUT2D eigenvalue weighted by molar-refractivity contribution is 0.192. The molecule has 158 valence electrons. The summed E-state index contributed by atoms with van der Waals surface area (Å²) in [6.45, 7) is 3.13. The molecule has 8 heteroatoms. The number of nitrogen functional groups attached to an aromatic ring is 1. The highest BCUT2D eigenvalue weighted by Crippen LogP contribution is 2.29. The SMILES string of the molecule is N=C/C(=C\NC1CCOC1)c1cnc(N2CCC(N)CC2)nc1-c1ccc(N)cc1. The van der Waals surface area contributed by atoms with E-state index in [0.717, 1.165) is 61.4 Å². The molecule has 1 atom stereocenters. The average molecular weight is 408 g/mol. The van der Waals surface area contributed by atoms with Gasteiger partial charge in [0.25, 0.3) is 0 Å². The Hall–Kier alpha value is -2.97. The normalized spacial score (nSPS) is 20.4. The maximum Gasteiger partial charge on any atom is 0.225 e. The molecule has 6 N–H and O–H groups in total. The fourth-order valence-corrected chi connectivity index (χ4v) is 3.77. The number of piperidine rings is 1. The number of anilines is 2. The van der Waals surface area contributed by atoms with Gasteiger partial charge in [0.2, 0.25) is 5.95 Å². The van der Waals surface area contributed by atoms with Gasteiger partial charge < -0.3 is 31.8 Å². The van der Waals surface area contributed by atoms with Crippen LogP contribution in [0.3, 0.4) is 0 Å². The van der Waals surface area contributed by atoms with Crippen LogP contribution >= 0.6 is 0 Å². The minimum atomic E-state index is 0.246. The minimum Gasteiger partial charge on any atom is -0.399 e. The van der Waals surface area contributed by atoms with Gasteiger partial charge in [0.15, 0.2) is 0 Å². The van der Waals surface area contributed by atoms with Gasteiger partial charge in [0, 0.05) is 66.7 Å². The van der Waals surface area contributed by atoms with E-state index in [2.05, 4.69) is 15.2 Å². The van der Waals surface area contributed by atoms with Crippen LogP contribution < -0.4 is 21.7 Å². The Kier molecular flexibility index (Phi) is 6.25. The molecule has 1 unspecified atom stereocenters. The van der Waals surface area contributed by atoms with Gasteiger partial charge in [0.1, 0.15) is 0 Å². The molecule has 0 bridgehead atoms. The van der Waals surface area contributed by atoms with Crippen LogP contribution in [0.5, 0.6) is 0 Å². The Labute approximate surface area is 176 Å². The van der Waals surface area contributed by atoms with E-state index >= 15 is 0 Å². The van der Waals surface area contributed by atoms with Crippen LogP contribution in [-0.4, -0.2) is 54.6 Å². The molecular weight excluding hydrogens is 378 g/mol. The van der Waals surface area contributed by atoms with Crippen LogP contribution in [0.25, 0.3) is 16.8 Å². The maximum absolute atomic E-state index is 7.97. The second kappa shape index (κ2) is 9.23. The highest BCUT2D eigenvalue weighted by molar-refractivity contribution is 6.10. The van der Waals surface area contributed by atoms with Gasteiger partial charge in [-0.05, 0) is 31.4 Å². The number of rotatable bonds is 6. The fraction of sp³-hybridized carbons (Fsp3) is 0.409. The van der Waals surface area contributed by atoms with Crippen molar-refractivity contribution in [1.29, 1.82) is 5.41 Å². The Bertz CT molecular complexity index is 898. The topological polar surface area (TPSA) is 126 Å². The molecule has 0 saturated carbocycles. The number of nitrogens with one attached hydrogen (secondary N) is 2. The third-order valence-electron chi connectivity index (χ3n) is 5.65. The first-order valence-corrected chi connectivity index (χ1v) is 10.4. The van der Waals surface area contributed by atoms with Crippen molar-refractivity contribution in [1.82, 2.24) is 15.3 Å². The zero-order valence-electron chi connectivity index (χ0n) is 17.1. The average Bonchev–Trinajstić information content (AvgIpc) is 3.29. The van der Waals surface area contributed by atoms with Gasteiger partial charge in [-0.2, -0.15) is 0 Å². The van der Waals surface area contributed by atoms with E-state index in [1.54, 1.807) is 0 Å². The monoisotopic (exact) mass is 407 g/mol. The first kappa shape index (κ1) is 20.3. The molecule has 0 amide bonds. The summed E-state index contributed by atoms with van der Waals surface area (Å²) >= 11 is 0. The number of nitrogens with two attached hydrogens (primary N) is 2. The van der Waals surface area contributed by atoms with Crippen LogP contribution in [0.1, 0.15) is 24.8 Å². The third-order valence-corrected chi connectivity index (χ3v) is 5.65. The van der Waals surface area contributed by atoms with E-state index in [1.165, 1.54) is 6.21 Å². The molecule has 30 heavy (non-hydrogen) atoms. The van der Waals surface area contributed by atoms with Gasteiger partial charge in [-0.15, -0.1) is 0 Å². The van der Waals surface area contributed by atoms with Crippen molar-refractivity contribution in [2.75, 3.05) is 36.9 Å². The Balaban J connectivity index is 1.69. The number of nitrogens with zero attached hydrogens (tertiary/aromatic N) is 3. The van der Waals surface area contributed by atoms with Crippen LogP contribution in [-0.2, 0) is 4.74 Å². The molecular formula is C22H29N7O. The highest BCUT2D eigenvalue weighted by atomic mass is 16.5. The highest BCUT2D eigenvalue weighted by Gasteiger charge is 2.21. The molecule has 0 radical (unpaired) electrons. The molecule has 0 aliphatic carbocycles. The van der Waals surface area contributed by atoms with Crippen LogP contribution in [0.4, 0.5) is 11.6 Å². The number of aromatic nitrogens is 2. The van der Waals surface area contributed by atoms with Crippen molar-refractivity contribution in [2.24, 2.45) is 5.73 Å². The van der Waals surface area contributed by atoms with E-state index in [4.69, 9.17) is 26.6 Å². The van der Waals surface area contributed by atoms with E-state index in [0.29, 0.717) is 18.2 Å². The fourth-order valence-electron chi connectivity index (χ4n) is 3.77. The summed E-state index contributed by atoms with van der Waals surface area (Å²) < 4.78 is 5.42. The van der Waals surface area contributed by atoms with Crippen molar-refractivity contribution in [3.05, 3.63) is 42.2 Å². The number of hydrogen-bond acceptors (Lipinski definition) is 8. The lowest BCUT2D eigenvalue weighted by Gasteiger charge is -2.30. The predicted octanol–water partition coefficient (Wildman–Crippen LogP) is 2.02. The largest absolute Gasteiger partial charge is 0.399 e. The quantitative estimate of drug-likeness (QED) is 0.426. The maximum atomic E-state index is 7.97. The Morgan fingerprint density at radius 1 is 1.20 bits per heavy atom. The van der Waals surface area contributed by atoms with Gasteiger partial charge in [-0.1, -0.05) is 12.1 Å². The van der Waals surface area contributed by atoms with E-state index < -0.39 is 0 Å². The van der Waals surface area contributed by atoms with E-state index in [-0.39, 0.29) is 12.1 Å². The molecule has 2 fully saturated rings. The molecule has 2 aliphatic rings. The predicted molar refractivity (Wildman–Crippen MR) is 120 cm³/mol. The third kappa shape index (κ3) is 4.60. The zero-order chi connectivity index (χ0) is 20.9. The number of hydrogen-bond donors (Lipinski definition) is 4. The van der Waals surface area contributed by atoms with Crippen molar-refractivity contribution in [2.45, 2.75) is 31.3 Å². The minimum absolute atomic E-state index is 0.246. The first-order valence-electron chi connectivity index (χ1n) is 10.4. The number of benzene rings is 1. The molecule has 8 nitrogen and oxygen atoms in total. The van der Waals surface area contributed by atoms with Crippen molar-refractivity contribution in [3.8, 4) is 11.3 Å². The van der Waals surface area contributed by atoms with Crippen molar-refractivity contribution >= 4 is 23.4 Å². The lowest BCUT2D eigenvalue weighted by Crippen LogP contribution is -2.40. The van der Waals surface area contributed by atoms with Crippen molar-refractivity contribution in [3.63, 3.8) is 0 Å². The van der Waals surface area contributed by atoms with E-state index in [9.17, 15) is 0 Å². The molecule has 3 heterocycles. The number of ether oxygens (including phenoxy) is 1. The summed E-state index contributed by atoms with van der Waals surface area (Å²) in [5.74, 6) is 0.693. The molecule has 4 rings (SSSR count).